The Morgan fingerprint density at radius 1 is 0.808 bits per heavy atom. The fourth-order valence-corrected chi connectivity index (χ4v) is 2.47. The second kappa shape index (κ2) is 7.03. The Kier molecular flexibility index (Phi) is 4.79. The van der Waals surface area contributed by atoms with Crippen LogP contribution in [0.15, 0.2) is 54.6 Å². The number of benzene rings is 2. The highest BCUT2D eigenvalue weighted by Gasteiger charge is 2.30. The summed E-state index contributed by atoms with van der Waals surface area (Å²) in [5.74, 6) is 1.47. The van der Waals surface area contributed by atoms with Gasteiger partial charge in [0.15, 0.2) is 0 Å². The highest BCUT2D eigenvalue weighted by molar-refractivity contribution is 5.65. The molecule has 2 aromatic carbocycles. The molecule has 0 spiro atoms. The zero-order valence-corrected chi connectivity index (χ0v) is 14.2. The number of para-hydroxylation sites is 1. The van der Waals surface area contributed by atoms with E-state index in [9.17, 15) is 13.2 Å². The maximum Gasteiger partial charge on any atom is 0.416 e. The van der Waals surface area contributed by atoms with Gasteiger partial charge in [0, 0.05) is 17.4 Å². The molecule has 3 rings (SSSR count). The maximum atomic E-state index is 12.9. The summed E-state index contributed by atoms with van der Waals surface area (Å²) in [6, 6.07) is 14.4. The average Bonchev–Trinajstić information content (AvgIpc) is 2.56. The van der Waals surface area contributed by atoms with Gasteiger partial charge in [-0.2, -0.15) is 13.2 Å². The minimum absolute atomic E-state index is 0.305. The molecule has 1 aromatic heterocycles. The number of nitrogens with zero attached hydrogens (tertiary/aromatic N) is 2. The third-order valence-electron chi connectivity index (χ3n) is 3.71. The second-order valence-corrected chi connectivity index (χ2v) is 5.83. The van der Waals surface area contributed by atoms with Crippen LogP contribution in [0, 0.1) is 13.8 Å². The molecule has 4 nitrogen and oxygen atoms in total. The maximum absolute atomic E-state index is 12.9. The van der Waals surface area contributed by atoms with E-state index in [1.54, 1.807) is 19.1 Å². The monoisotopic (exact) mass is 358 g/mol. The van der Waals surface area contributed by atoms with Crippen LogP contribution in [0.2, 0.25) is 0 Å². The molecule has 0 unspecified atom stereocenters. The standard InChI is InChI=1S/C19H17F3N4/c1-12-6-3-4-9-16(12)26-18-11-17(23-13(2)24-18)25-15-8-5-7-14(10-15)19(20,21)22/h3-11H,1-2H3,(H2,23,24,25,26). The third kappa shape index (κ3) is 4.30. The van der Waals surface area contributed by atoms with E-state index in [4.69, 9.17) is 0 Å². The summed E-state index contributed by atoms with van der Waals surface area (Å²) < 4.78 is 38.6. The average molecular weight is 358 g/mol. The fraction of sp³-hybridized carbons (Fsp3) is 0.158. The van der Waals surface area contributed by atoms with E-state index < -0.39 is 11.7 Å². The number of aromatic nitrogens is 2. The Morgan fingerprint density at radius 2 is 1.50 bits per heavy atom. The molecule has 0 amide bonds. The quantitative estimate of drug-likeness (QED) is 0.637. The van der Waals surface area contributed by atoms with Crippen LogP contribution in [0.4, 0.5) is 36.2 Å². The first-order valence-corrected chi connectivity index (χ1v) is 7.94. The van der Waals surface area contributed by atoms with Crippen molar-refractivity contribution in [3.05, 3.63) is 71.5 Å². The van der Waals surface area contributed by atoms with Gasteiger partial charge in [-0.05, 0) is 43.7 Å². The second-order valence-electron chi connectivity index (χ2n) is 5.83. The van der Waals surface area contributed by atoms with E-state index in [-0.39, 0.29) is 0 Å². The first-order valence-electron chi connectivity index (χ1n) is 7.94. The van der Waals surface area contributed by atoms with Crippen molar-refractivity contribution >= 4 is 23.0 Å². The van der Waals surface area contributed by atoms with Gasteiger partial charge in [-0.15, -0.1) is 0 Å². The molecule has 0 aliphatic carbocycles. The van der Waals surface area contributed by atoms with Crippen molar-refractivity contribution < 1.29 is 13.2 Å². The smallest absolute Gasteiger partial charge is 0.340 e. The molecule has 0 saturated heterocycles. The van der Waals surface area contributed by atoms with Gasteiger partial charge in [0.05, 0.1) is 5.56 Å². The lowest BCUT2D eigenvalue weighted by atomic mass is 10.2. The summed E-state index contributed by atoms with van der Waals surface area (Å²) in [6.07, 6.45) is -4.39. The van der Waals surface area contributed by atoms with Crippen molar-refractivity contribution in [1.82, 2.24) is 9.97 Å². The fourth-order valence-electron chi connectivity index (χ4n) is 2.47. The normalized spacial score (nSPS) is 11.3. The van der Waals surface area contributed by atoms with Crippen LogP contribution in [0.25, 0.3) is 0 Å². The van der Waals surface area contributed by atoms with Crippen LogP contribution in [0.1, 0.15) is 17.0 Å². The number of alkyl halides is 3. The topological polar surface area (TPSA) is 49.8 Å². The van der Waals surface area contributed by atoms with E-state index in [2.05, 4.69) is 20.6 Å². The molecular weight excluding hydrogens is 341 g/mol. The Morgan fingerprint density at radius 3 is 2.19 bits per heavy atom. The zero-order valence-electron chi connectivity index (χ0n) is 14.2. The number of hydrogen-bond donors (Lipinski definition) is 2. The summed E-state index contributed by atoms with van der Waals surface area (Å²) >= 11 is 0. The molecule has 1 heterocycles. The predicted molar refractivity (Wildman–Crippen MR) is 96.0 cm³/mol. The van der Waals surface area contributed by atoms with E-state index in [1.165, 1.54) is 6.07 Å². The van der Waals surface area contributed by atoms with Gasteiger partial charge in [-0.1, -0.05) is 24.3 Å². The molecule has 3 aromatic rings. The molecular formula is C19H17F3N4. The molecule has 2 N–H and O–H groups in total. The zero-order chi connectivity index (χ0) is 18.7. The number of rotatable bonds is 4. The van der Waals surface area contributed by atoms with E-state index >= 15 is 0 Å². The molecule has 0 saturated carbocycles. The van der Waals surface area contributed by atoms with Gasteiger partial charge in [0.2, 0.25) is 0 Å². The van der Waals surface area contributed by atoms with Crippen LogP contribution in [0.5, 0.6) is 0 Å². The van der Waals surface area contributed by atoms with Crippen molar-refractivity contribution in [3.8, 4) is 0 Å². The van der Waals surface area contributed by atoms with E-state index in [0.29, 0.717) is 23.1 Å². The number of nitrogens with one attached hydrogen (secondary N) is 2. The Hall–Kier alpha value is -3.09. The molecule has 0 aliphatic rings. The van der Waals surface area contributed by atoms with Gasteiger partial charge in [-0.25, -0.2) is 9.97 Å². The highest BCUT2D eigenvalue weighted by Crippen LogP contribution is 2.31. The van der Waals surface area contributed by atoms with Crippen LogP contribution in [-0.4, -0.2) is 9.97 Å². The van der Waals surface area contributed by atoms with Crippen LogP contribution in [0.3, 0.4) is 0 Å². The summed E-state index contributed by atoms with van der Waals surface area (Å²) in [6.45, 7) is 3.69. The van der Waals surface area contributed by atoms with Gasteiger partial charge in [0.25, 0.3) is 0 Å². The van der Waals surface area contributed by atoms with Gasteiger partial charge in [0.1, 0.15) is 17.5 Å². The van der Waals surface area contributed by atoms with E-state index in [0.717, 1.165) is 23.4 Å². The first kappa shape index (κ1) is 17.7. The third-order valence-corrected chi connectivity index (χ3v) is 3.71. The van der Waals surface area contributed by atoms with Gasteiger partial charge in [-0.3, -0.25) is 0 Å². The van der Waals surface area contributed by atoms with Crippen molar-refractivity contribution in [3.63, 3.8) is 0 Å². The lowest BCUT2D eigenvalue weighted by Crippen LogP contribution is -2.06. The Balaban J connectivity index is 1.85. The molecule has 0 aliphatic heterocycles. The van der Waals surface area contributed by atoms with E-state index in [1.807, 2.05) is 31.2 Å². The molecule has 26 heavy (non-hydrogen) atoms. The minimum atomic E-state index is -4.39. The van der Waals surface area contributed by atoms with Crippen molar-refractivity contribution in [2.45, 2.75) is 20.0 Å². The van der Waals surface area contributed by atoms with Crippen LogP contribution < -0.4 is 10.6 Å². The van der Waals surface area contributed by atoms with Crippen molar-refractivity contribution in [1.29, 1.82) is 0 Å². The summed E-state index contributed by atoms with van der Waals surface area (Å²) in [4.78, 5) is 8.57. The van der Waals surface area contributed by atoms with Crippen molar-refractivity contribution in [2.75, 3.05) is 10.6 Å². The largest absolute Gasteiger partial charge is 0.416 e. The lowest BCUT2D eigenvalue weighted by molar-refractivity contribution is -0.137. The minimum Gasteiger partial charge on any atom is -0.340 e. The first-order chi connectivity index (χ1) is 12.3. The molecule has 134 valence electrons. The van der Waals surface area contributed by atoms with Gasteiger partial charge >= 0.3 is 6.18 Å². The summed E-state index contributed by atoms with van der Waals surface area (Å²) in [5, 5.41) is 6.11. The van der Waals surface area contributed by atoms with Gasteiger partial charge < -0.3 is 10.6 Å². The van der Waals surface area contributed by atoms with Crippen molar-refractivity contribution in [2.24, 2.45) is 0 Å². The summed E-state index contributed by atoms with van der Waals surface area (Å²) in [5.41, 5.74) is 1.54. The molecule has 7 heteroatoms. The Labute approximate surface area is 149 Å². The number of hydrogen-bond acceptors (Lipinski definition) is 4. The SMILES string of the molecule is Cc1nc(Nc2cccc(C(F)(F)F)c2)cc(Nc2ccccc2C)n1. The van der Waals surface area contributed by atoms with Crippen LogP contribution in [-0.2, 0) is 6.18 Å². The molecule has 0 bridgehead atoms. The molecule has 0 fully saturated rings. The molecule has 0 atom stereocenters. The number of anilines is 4. The van der Waals surface area contributed by atoms with Crippen LogP contribution >= 0.6 is 0 Å². The number of halogens is 3. The number of aryl methyl sites for hydroxylation is 2. The summed E-state index contributed by atoms with van der Waals surface area (Å²) in [7, 11) is 0. The molecule has 0 radical (unpaired) electrons. The predicted octanol–water partition coefficient (Wildman–Crippen LogP) is 5.60. The lowest BCUT2D eigenvalue weighted by Gasteiger charge is -2.13. The Bertz CT molecular complexity index is 923. The highest BCUT2D eigenvalue weighted by atomic mass is 19.4.